The fourth-order valence-corrected chi connectivity index (χ4v) is 2.74. The second-order valence-electron chi connectivity index (χ2n) is 5.88. The third kappa shape index (κ3) is 2.93. The van der Waals surface area contributed by atoms with E-state index < -0.39 is 28.2 Å². The molecule has 25 heavy (non-hydrogen) atoms. The third-order valence-corrected chi connectivity index (χ3v) is 4.16. The number of rotatable bonds is 4. The zero-order valence-electron chi connectivity index (χ0n) is 13.2. The summed E-state index contributed by atoms with van der Waals surface area (Å²) in [5.74, 6) is -0.940. The summed E-state index contributed by atoms with van der Waals surface area (Å²) in [5, 5.41) is 13.5. The number of nitro groups is 1. The molecular formula is C17H14FN3O4. The Hall–Kier alpha value is -3.29. The van der Waals surface area contributed by atoms with Crippen LogP contribution in [0.4, 0.5) is 14.9 Å². The van der Waals surface area contributed by atoms with Crippen LogP contribution in [0.15, 0.2) is 48.5 Å². The monoisotopic (exact) mass is 343 g/mol. The van der Waals surface area contributed by atoms with Crippen molar-refractivity contribution in [1.82, 2.24) is 10.2 Å². The van der Waals surface area contributed by atoms with Gasteiger partial charge in [0.15, 0.2) is 0 Å². The number of imide groups is 1. The maximum absolute atomic E-state index is 13.0. The molecule has 0 bridgehead atoms. The lowest BCUT2D eigenvalue weighted by molar-refractivity contribution is -0.385. The van der Waals surface area contributed by atoms with E-state index in [-0.39, 0.29) is 12.2 Å². The van der Waals surface area contributed by atoms with E-state index in [1.54, 1.807) is 6.07 Å². The topological polar surface area (TPSA) is 92.6 Å². The molecule has 3 amide bonds. The van der Waals surface area contributed by atoms with Crippen LogP contribution in [0.3, 0.4) is 0 Å². The first kappa shape index (κ1) is 16.6. The minimum absolute atomic E-state index is 0.0184. The van der Waals surface area contributed by atoms with Crippen LogP contribution in [0.5, 0.6) is 0 Å². The third-order valence-electron chi connectivity index (χ3n) is 4.16. The van der Waals surface area contributed by atoms with Crippen LogP contribution in [0, 0.1) is 15.9 Å². The molecule has 2 aromatic carbocycles. The lowest BCUT2D eigenvalue weighted by atomic mass is 9.91. The lowest BCUT2D eigenvalue weighted by Gasteiger charge is -2.22. The smallest absolute Gasteiger partial charge is 0.319 e. The SMILES string of the molecule is CC1(c2cccc([N+](=O)[O-])c2)NC(=O)N(Cc2ccc(F)cc2)C1=O. The molecule has 1 aliphatic rings. The number of hydrogen-bond donors (Lipinski definition) is 1. The van der Waals surface area contributed by atoms with Crippen molar-refractivity contribution in [3.63, 3.8) is 0 Å². The Bertz CT molecular complexity index is 868. The number of nitrogens with zero attached hydrogens (tertiary/aromatic N) is 2. The van der Waals surface area contributed by atoms with Gasteiger partial charge in [0.05, 0.1) is 11.5 Å². The molecule has 1 aliphatic heterocycles. The van der Waals surface area contributed by atoms with E-state index in [4.69, 9.17) is 0 Å². The Kier molecular flexibility index (Phi) is 3.96. The summed E-state index contributed by atoms with van der Waals surface area (Å²) in [6.07, 6.45) is 0. The number of nitro benzene ring substituents is 1. The van der Waals surface area contributed by atoms with Crippen LogP contribution in [-0.4, -0.2) is 21.8 Å². The van der Waals surface area contributed by atoms with Gasteiger partial charge in [-0.2, -0.15) is 0 Å². The molecule has 0 saturated carbocycles. The number of benzene rings is 2. The lowest BCUT2D eigenvalue weighted by Crippen LogP contribution is -2.40. The summed E-state index contributed by atoms with van der Waals surface area (Å²) in [7, 11) is 0. The Morgan fingerprint density at radius 3 is 2.52 bits per heavy atom. The van der Waals surface area contributed by atoms with Gasteiger partial charge in [-0.25, -0.2) is 9.18 Å². The molecule has 1 unspecified atom stereocenters. The largest absolute Gasteiger partial charge is 0.325 e. The number of urea groups is 1. The summed E-state index contributed by atoms with van der Waals surface area (Å²) in [4.78, 5) is 36.4. The van der Waals surface area contributed by atoms with Gasteiger partial charge in [0.1, 0.15) is 11.4 Å². The van der Waals surface area contributed by atoms with Crippen molar-refractivity contribution < 1.29 is 18.9 Å². The first-order valence-corrected chi connectivity index (χ1v) is 7.45. The van der Waals surface area contributed by atoms with Gasteiger partial charge in [0, 0.05) is 12.1 Å². The molecule has 2 aromatic rings. The van der Waals surface area contributed by atoms with Gasteiger partial charge >= 0.3 is 6.03 Å². The Labute approximate surface area is 142 Å². The molecule has 1 heterocycles. The fraction of sp³-hybridized carbons (Fsp3) is 0.176. The zero-order valence-corrected chi connectivity index (χ0v) is 13.2. The molecule has 1 fully saturated rings. The molecule has 128 valence electrons. The maximum atomic E-state index is 13.0. The average molecular weight is 343 g/mol. The fourth-order valence-electron chi connectivity index (χ4n) is 2.74. The van der Waals surface area contributed by atoms with E-state index in [1.165, 1.54) is 49.4 Å². The highest BCUT2D eigenvalue weighted by atomic mass is 19.1. The average Bonchev–Trinajstić information content (AvgIpc) is 2.81. The van der Waals surface area contributed by atoms with Crippen molar-refractivity contribution in [3.05, 3.63) is 75.6 Å². The van der Waals surface area contributed by atoms with Crippen molar-refractivity contribution in [2.24, 2.45) is 0 Å². The molecule has 0 spiro atoms. The normalized spacial score (nSPS) is 19.8. The van der Waals surface area contributed by atoms with Crippen molar-refractivity contribution >= 4 is 17.6 Å². The Balaban J connectivity index is 1.90. The van der Waals surface area contributed by atoms with E-state index in [2.05, 4.69) is 5.32 Å². The molecule has 1 saturated heterocycles. The van der Waals surface area contributed by atoms with Crippen LogP contribution in [-0.2, 0) is 16.9 Å². The second-order valence-corrected chi connectivity index (χ2v) is 5.88. The van der Waals surface area contributed by atoms with Gasteiger partial charge in [-0.1, -0.05) is 24.3 Å². The van der Waals surface area contributed by atoms with E-state index in [0.29, 0.717) is 11.1 Å². The van der Waals surface area contributed by atoms with Crippen LogP contribution in [0.2, 0.25) is 0 Å². The second kappa shape index (κ2) is 5.97. The number of non-ortho nitro benzene ring substituents is 1. The number of halogens is 1. The molecular weight excluding hydrogens is 329 g/mol. The summed E-state index contributed by atoms with van der Waals surface area (Å²) in [6.45, 7) is 1.48. The van der Waals surface area contributed by atoms with Gasteiger partial charge in [0.25, 0.3) is 11.6 Å². The standard InChI is InChI=1S/C17H14FN3O4/c1-17(12-3-2-4-14(9-12)21(24)25)15(22)20(16(23)19-17)10-11-5-7-13(18)8-6-11/h2-9H,10H2,1H3,(H,19,23). The molecule has 0 aliphatic carbocycles. The van der Waals surface area contributed by atoms with E-state index >= 15 is 0 Å². The first-order valence-electron chi connectivity index (χ1n) is 7.45. The van der Waals surface area contributed by atoms with Gasteiger partial charge in [-0.3, -0.25) is 19.8 Å². The van der Waals surface area contributed by atoms with Crippen LogP contribution in [0.25, 0.3) is 0 Å². The predicted molar refractivity (Wildman–Crippen MR) is 85.9 cm³/mol. The van der Waals surface area contributed by atoms with E-state index in [0.717, 1.165) is 4.90 Å². The maximum Gasteiger partial charge on any atom is 0.325 e. The molecule has 3 rings (SSSR count). The van der Waals surface area contributed by atoms with Crippen LogP contribution in [0.1, 0.15) is 18.1 Å². The van der Waals surface area contributed by atoms with Gasteiger partial charge < -0.3 is 5.32 Å². The van der Waals surface area contributed by atoms with Crippen molar-refractivity contribution in [2.45, 2.75) is 19.0 Å². The summed E-state index contributed by atoms with van der Waals surface area (Å²) < 4.78 is 13.0. The van der Waals surface area contributed by atoms with Crippen molar-refractivity contribution in [2.75, 3.05) is 0 Å². The van der Waals surface area contributed by atoms with Gasteiger partial charge in [-0.05, 0) is 30.2 Å². The molecule has 8 heteroatoms. The first-order chi connectivity index (χ1) is 11.8. The van der Waals surface area contributed by atoms with Crippen LogP contribution < -0.4 is 5.32 Å². The number of hydrogen-bond acceptors (Lipinski definition) is 4. The molecule has 0 radical (unpaired) electrons. The van der Waals surface area contributed by atoms with Crippen LogP contribution >= 0.6 is 0 Å². The van der Waals surface area contributed by atoms with Gasteiger partial charge in [-0.15, -0.1) is 0 Å². The summed E-state index contributed by atoms with van der Waals surface area (Å²) in [5.41, 5.74) is -0.657. The Morgan fingerprint density at radius 1 is 1.20 bits per heavy atom. The highest BCUT2D eigenvalue weighted by molar-refractivity contribution is 6.07. The van der Waals surface area contributed by atoms with Crippen molar-refractivity contribution in [1.29, 1.82) is 0 Å². The summed E-state index contributed by atoms with van der Waals surface area (Å²) in [6, 6.07) is 10.4. The predicted octanol–water partition coefficient (Wildman–Crippen LogP) is 2.70. The van der Waals surface area contributed by atoms with E-state index in [1.807, 2.05) is 0 Å². The number of amides is 3. The molecule has 7 nitrogen and oxygen atoms in total. The van der Waals surface area contributed by atoms with E-state index in [9.17, 15) is 24.1 Å². The molecule has 0 aromatic heterocycles. The highest BCUT2D eigenvalue weighted by Gasteiger charge is 2.49. The number of nitrogens with one attached hydrogen (secondary N) is 1. The van der Waals surface area contributed by atoms with Crippen molar-refractivity contribution in [3.8, 4) is 0 Å². The summed E-state index contributed by atoms with van der Waals surface area (Å²) >= 11 is 0. The number of carbonyl (C=O) groups excluding carboxylic acids is 2. The zero-order chi connectivity index (χ0) is 18.2. The van der Waals surface area contributed by atoms with Gasteiger partial charge in [0.2, 0.25) is 0 Å². The quantitative estimate of drug-likeness (QED) is 0.525. The number of carbonyl (C=O) groups is 2. The highest BCUT2D eigenvalue weighted by Crippen LogP contribution is 2.31. The molecule has 1 atom stereocenters. The minimum atomic E-state index is -1.40. The minimum Gasteiger partial charge on any atom is -0.319 e. The Morgan fingerprint density at radius 2 is 1.88 bits per heavy atom. The molecule has 1 N–H and O–H groups in total.